The van der Waals surface area contributed by atoms with E-state index in [1.807, 2.05) is 0 Å². The van der Waals surface area contributed by atoms with E-state index in [4.69, 9.17) is 10.7 Å². The molecule has 0 spiro atoms. The lowest BCUT2D eigenvalue weighted by molar-refractivity contribution is 0.515. The molecule has 0 aliphatic rings. The second-order valence-electron chi connectivity index (χ2n) is 5.56. The van der Waals surface area contributed by atoms with Crippen molar-refractivity contribution in [3.05, 3.63) is 12.4 Å². The SMILES string of the molecule is CCCCCCCCCCCCn1cc(S(=O)(=O)Cl)cn1. The van der Waals surface area contributed by atoms with Gasteiger partial charge in [-0.3, -0.25) is 4.68 Å². The molecule has 122 valence electrons. The molecule has 1 aromatic rings. The molecule has 0 unspecified atom stereocenters. The summed E-state index contributed by atoms with van der Waals surface area (Å²) in [6.07, 6.45) is 15.6. The molecule has 0 amide bonds. The van der Waals surface area contributed by atoms with Crippen LogP contribution in [0.2, 0.25) is 0 Å². The molecular formula is C15H27ClN2O2S. The third-order valence-electron chi connectivity index (χ3n) is 3.63. The second kappa shape index (κ2) is 10.2. The molecule has 0 aliphatic carbocycles. The van der Waals surface area contributed by atoms with Gasteiger partial charge in [0.05, 0.1) is 6.20 Å². The topological polar surface area (TPSA) is 52.0 Å². The summed E-state index contributed by atoms with van der Waals surface area (Å²) < 4.78 is 23.9. The van der Waals surface area contributed by atoms with E-state index in [1.165, 1.54) is 63.8 Å². The van der Waals surface area contributed by atoms with E-state index in [0.29, 0.717) is 0 Å². The molecule has 1 rings (SSSR count). The summed E-state index contributed by atoms with van der Waals surface area (Å²) in [5.74, 6) is 0. The Kier molecular flexibility index (Phi) is 9.00. The summed E-state index contributed by atoms with van der Waals surface area (Å²) in [6.45, 7) is 2.99. The Hall–Kier alpha value is -0.550. The summed E-state index contributed by atoms with van der Waals surface area (Å²) in [7, 11) is 1.61. The van der Waals surface area contributed by atoms with Crippen molar-refractivity contribution in [2.45, 2.75) is 82.6 Å². The number of aryl methyl sites for hydroxylation is 1. The lowest BCUT2D eigenvalue weighted by Gasteiger charge is -2.03. The highest BCUT2D eigenvalue weighted by Gasteiger charge is 2.12. The number of aromatic nitrogens is 2. The molecule has 0 aromatic carbocycles. The van der Waals surface area contributed by atoms with Crippen LogP contribution in [0, 0.1) is 0 Å². The van der Waals surface area contributed by atoms with Crippen molar-refractivity contribution in [2.24, 2.45) is 0 Å². The van der Waals surface area contributed by atoms with Crippen molar-refractivity contribution in [1.82, 2.24) is 9.78 Å². The molecule has 6 heteroatoms. The zero-order chi connectivity index (χ0) is 15.6. The first kappa shape index (κ1) is 18.5. The Morgan fingerprint density at radius 2 is 1.52 bits per heavy atom. The van der Waals surface area contributed by atoms with Gasteiger partial charge in [0.2, 0.25) is 0 Å². The van der Waals surface area contributed by atoms with Crippen LogP contribution < -0.4 is 0 Å². The molecule has 0 saturated carbocycles. The van der Waals surface area contributed by atoms with Crippen molar-refractivity contribution >= 4 is 19.7 Å². The quantitative estimate of drug-likeness (QED) is 0.410. The molecule has 0 radical (unpaired) electrons. The maximum atomic E-state index is 11.1. The summed E-state index contributed by atoms with van der Waals surface area (Å²) in [5.41, 5.74) is 0. The fourth-order valence-electron chi connectivity index (χ4n) is 2.35. The van der Waals surface area contributed by atoms with Gasteiger partial charge >= 0.3 is 0 Å². The standard InChI is InChI=1S/C15H27ClN2O2S/c1-2-3-4-5-6-7-8-9-10-11-12-18-14-15(13-17-18)21(16,19)20/h13-14H,2-12H2,1H3. The smallest absolute Gasteiger partial charge is 0.264 e. The monoisotopic (exact) mass is 334 g/mol. The molecule has 1 heterocycles. The van der Waals surface area contributed by atoms with Gasteiger partial charge in [-0.05, 0) is 6.42 Å². The summed E-state index contributed by atoms with van der Waals surface area (Å²) in [5, 5.41) is 4.01. The van der Waals surface area contributed by atoms with Gasteiger partial charge < -0.3 is 0 Å². The van der Waals surface area contributed by atoms with Crippen LogP contribution >= 0.6 is 10.7 Å². The zero-order valence-electron chi connectivity index (χ0n) is 12.9. The number of nitrogens with zero attached hydrogens (tertiary/aromatic N) is 2. The van der Waals surface area contributed by atoms with Crippen LogP contribution in [0.4, 0.5) is 0 Å². The minimum Gasteiger partial charge on any atom is -0.271 e. The van der Waals surface area contributed by atoms with Gasteiger partial charge in [0.25, 0.3) is 9.05 Å². The van der Waals surface area contributed by atoms with Crippen LogP contribution in [-0.4, -0.2) is 18.2 Å². The predicted molar refractivity (Wildman–Crippen MR) is 87.1 cm³/mol. The van der Waals surface area contributed by atoms with E-state index in [-0.39, 0.29) is 4.90 Å². The van der Waals surface area contributed by atoms with E-state index in [1.54, 1.807) is 4.68 Å². The first-order chi connectivity index (χ1) is 10.0. The van der Waals surface area contributed by atoms with Gasteiger partial charge in [-0.2, -0.15) is 5.10 Å². The van der Waals surface area contributed by atoms with Crippen molar-refractivity contribution in [3.8, 4) is 0 Å². The second-order valence-corrected chi connectivity index (χ2v) is 8.12. The van der Waals surface area contributed by atoms with Gasteiger partial charge in [-0.15, -0.1) is 0 Å². The number of unbranched alkanes of at least 4 members (excludes halogenated alkanes) is 9. The minimum atomic E-state index is -3.65. The summed E-state index contributed by atoms with van der Waals surface area (Å²) in [6, 6.07) is 0. The molecule has 0 fully saturated rings. The normalized spacial score (nSPS) is 11.9. The molecule has 0 N–H and O–H groups in total. The van der Waals surface area contributed by atoms with Gasteiger partial charge in [-0.1, -0.05) is 64.7 Å². The Morgan fingerprint density at radius 1 is 1.00 bits per heavy atom. The Bertz CT molecular complexity index is 486. The first-order valence-electron chi connectivity index (χ1n) is 8.01. The minimum absolute atomic E-state index is 0.0799. The third-order valence-corrected chi connectivity index (χ3v) is 4.94. The van der Waals surface area contributed by atoms with Crippen LogP contribution in [0.25, 0.3) is 0 Å². The molecule has 4 nitrogen and oxygen atoms in total. The molecule has 0 saturated heterocycles. The lowest BCUT2D eigenvalue weighted by atomic mass is 10.1. The molecule has 1 aromatic heterocycles. The average molecular weight is 335 g/mol. The van der Waals surface area contributed by atoms with Crippen molar-refractivity contribution in [1.29, 1.82) is 0 Å². The van der Waals surface area contributed by atoms with Crippen LogP contribution in [0.15, 0.2) is 17.3 Å². The molecule has 0 bridgehead atoms. The van der Waals surface area contributed by atoms with Crippen LogP contribution in [0.1, 0.15) is 71.1 Å². The molecule has 0 atom stereocenters. The van der Waals surface area contributed by atoms with E-state index in [0.717, 1.165) is 19.4 Å². The Labute approximate surface area is 133 Å². The van der Waals surface area contributed by atoms with E-state index >= 15 is 0 Å². The van der Waals surface area contributed by atoms with Crippen LogP contribution in [0.5, 0.6) is 0 Å². The van der Waals surface area contributed by atoms with Crippen molar-refractivity contribution in [2.75, 3.05) is 0 Å². The highest BCUT2D eigenvalue weighted by Crippen LogP contribution is 2.14. The fraction of sp³-hybridized carbons (Fsp3) is 0.800. The Balaban J connectivity index is 2.01. The first-order valence-corrected chi connectivity index (χ1v) is 10.3. The molecular weight excluding hydrogens is 308 g/mol. The zero-order valence-corrected chi connectivity index (χ0v) is 14.5. The third kappa shape index (κ3) is 8.47. The maximum absolute atomic E-state index is 11.1. The lowest BCUT2D eigenvalue weighted by Crippen LogP contribution is -1.98. The van der Waals surface area contributed by atoms with Crippen molar-refractivity contribution < 1.29 is 8.42 Å². The van der Waals surface area contributed by atoms with E-state index in [9.17, 15) is 8.42 Å². The summed E-state index contributed by atoms with van der Waals surface area (Å²) in [4.78, 5) is 0.0799. The highest BCUT2D eigenvalue weighted by atomic mass is 35.7. The van der Waals surface area contributed by atoms with Gasteiger partial charge in [0, 0.05) is 23.4 Å². The highest BCUT2D eigenvalue weighted by molar-refractivity contribution is 8.13. The van der Waals surface area contributed by atoms with E-state index in [2.05, 4.69) is 12.0 Å². The van der Waals surface area contributed by atoms with Gasteiger partial charge in [0.15, 0.2) is 0 Å². The number of rotatable bonds is 12. The van der Waals surface area contributed by atoms with Crippen LogP contribution in [0.3, 0.4) is 0 Å². The number of hydrogen-bond acceptors (Lipinski definition) is 3. The fourth-order valence-corrected chi connectivity index (χ4v) is 3.01. The van der Waals surface area contributed by atoms with Crippen molar-refractivity contribution in [3.63, 3.8) is 0 Å². The molecule has 21 heavy (non-hydrogen) atoms. The van der Waals surface area contributed by atoms with Gasteiger partial charge in [-0.25, -0.2) is 8.42 Å². The van der Waals surface area contributed by atoms with Crippen LogP contribution in [-0.2, 0) is 15.6 Å². The predicted octanol–water partition coefficient (Wildman–Crippen LogP) is 4.73. The Morgan fingerprint density at radius 3 is 2.00 bits per heavy atom. The average Bonchev–Trinajstić information content (AvgIpc) is 2.90. The number of hydrogen-bond donors (Lipinski definition) is 0. The largest absolute Gasteiger partial charge is 0.271 e. The van der Waals surface area contributed by atoms with Gasteiger partial charge in [0.1, 0.15) is 4.90 Å². The maximum Gasteiger partial charge on any atom is 0.264 e. The molecule has 0 aliphatic heterocycles. The summed E-state index contributed by atoms with van der Waals surface area (Å²) >= 11 is 0. The van der Waals surface area contributed by atoms with E-state index < -0.39 is 9.05 Å². The number of halogens is 1.